The van der Waals surface area contributed by atoms with Gasteiger partial charge in [-0.3, -0.25) is 19.5 Å². The van der Waals surface area contributed by atoms with Crippen molar-refractivity contribution in [2.24, 2.45) is 5.16 Å². The van der Waals surface area contributed by atoms with Crippen LogP contribution >= 0.6 is 11.3 Å². The van der Waals surface area contributed by atoms with Crippen molar-refractivity contribution in [3.05, 3.63) is 11.1 Å². The number of thiazole rings is 1. The lowest BCUT2D eigenvalue weighted by molar-refractivity contribution is -0.179. The Hall–Kier alpha value is -4.77. The van der Waals surface area contributed by atoms with Crippen molar-refractivity contribution in [1.82, 2.24) is 24.8 Å². The Labute approximate surface area is 316 Å². The summed E-state index contributed by atoms with van der Waals surface area (Å²) in [5.74, 6) is -3.27. The summed E-state index contributed by atoms with van der Waals surface area (Å²) in [4.78, 5) is 87.5. The van der Waals surface area contributed by atoms with Crippen LogP contribution in [0, 0.1) is 0 Å². The fraction of sp³-hybridized carbons (Fsp3) is 0.677. The predicted octanol–water partition coefficient (Wildman–Crippen LogP) is 2.18. The monoisotopic (exact) mass is 805 g/mol. The standard InChI is InChI=1S/C31H47N7O14S2/c1-28(2,3)49-23(41)31(10,11)52-36-19(17-15-53-24(33-17)35-26(43)51-30(7,8)9)21(39)34-20-18(38(22(20)40)54(45,46)47)14-37-13-16(48-27(37)44)12-32-25(42)50-29(4,5)6/h15-16,18,20H,12-14H2,1-11H3,(H,32,42)(H,34,39)(H,33,35,43)(H,45,46,47)/b36-19-/t16-,18+,20-/m0/s1. The molecule has 0 spiro atoms. The molecule has 0 aliphatic carbocycles. The topological polar surface area (TPSA) is 271 Å². The smallest absolute Gasteiger partial charge is 0.413 e. The number of β-lactam (4-membered cyclic amide) rings is 1. The maximum absolute atomic E-state index is 13.8. The highest BCUT2D eigenvalue weighted by Gasteiger charge is 2.56. The lowest BCUT2D eigenvalue weighted by Crippen LogP contribution is -2.74. The Morgan fingerprint density at radius 2 is 1.54 bits per heavy atom. The van der Waals surface area contributed by atoms with E-state index in [1.807, 2.05) is 0 Å². The molecule has 23 heteroatoms. The molecule has 0 bridgehead atoms. The first-order valence-corrected chi connectivity index (χ1v) is 18.7. The molecule has 302 valence electrons. The molecule has 2 aliphatic heterocycles. The largest absolute Gasteiger partial charge is 0.457 e. The van der Waals surface area contributed by atoms with Crippen LogP contribution in [0.1, 0.15) is 81.9 Å². The summed E-state index contributed by atoms with van der Waals surface area (Å²) in [5.41, 5.74) is -5.14. The van der Waals surface area contributed by atoms with E-state index >= 15 is 0 Å². The number of anilines is 1. The molecular formula is C31H47N7O14S2. The molecule has 3 heterocycles. The lowest BCUT2D eigenvalue weighted by atomic mass is 9.97. The van der Waals surface area contributed by atoms with E-state index in [0.717, 1.165) is 16.2 Å². The van der Waals surface area contributed by atoms with Crippen molar-refractivity contribution < 1.29 is 65.5 Å². The lowest BCUT2D eigenvalue weighted by Gasteiger charge is -2.45. The number of nitrogens with zero attached hydrogens (tertiary/aromatic N) is 4. The molecule has 3 atom stereocenters. The zero-order valence-corrected chi connectivity index (χ0v) is 33.4. The Kier molecular flexibility index (Phi) is 12.9. The number of nitrogens with one attached hydrogen (secondary N) is 3. The zero-order chi connectivity index (χ0) is 41.2. The number of hydrogen-bond acceptors (Lipinski definition) is 16. The summed E-state index contributed by atoms with van der Waals surface area (Å²) >= 11 is 0.860. The van der Waals surface area contributed by atoms with E-state index in [9.17, 15) is 41.7 Å². The van der Waals surface area contributed by atoms with Gasteiger partial charge < -0.3 is 39.3 Å². The van der Waals surface area contributed by atoms with Gasteiger partial charge >= 0.3 is 34.6 Å². The Morgan fingerprint density at radius 3 is 2.09 bits per heavy atom. The van der Waals surface area contributed by atoms with Crippen molar-refractivity contribution in [3.63, 3.8) is 0 Å². The van der Waals surface area contributed by atoms with Gasteiger partial charge in [-0.1, -0.05) is 5.16 Å². The van der Waals surface area contributed by atoms with Gasteiger partial charge in [-0.05, 0) is 76.2 Å². The van der Waals surface area contributed by atoms with Crippen molar-refractivity contribution in [1.29, 1.82) is 0 Å². The molecule has 5 amide bonds. The number of carbonyl (C=O) groups excluding carboxylic acids is 6. The van der Waals surface area contributed by atoms with Crippen LogP contribution in [-0.4, -0.2) is 129 Å². The molecule has 54 heavy (non-hydrogen) atoms. The quantitative estimate of drug-likeness (QED) is 0.0589. The van der Waals surface area contributed by atoms with Gasteiger partial charge in [0.1, 0.15) is 34.6 Å². The first kappa shape index (κ1) is 43.6. The van der Waals surface area contributed by atoms with Gasteiger partial charge in [0, 0.05) is 11.9 Å². The van der Waals surface area contributed by atoms with Gasteiger partial charge in [0.15, 0.2) is 10.8 Å². The third-order valence-corrected chi connectivity index (χ3v) is 8.47. The average molecular weight is 806 g/mol. The van der Waals surface area contributed by atoms with E-state index in [-0.39, 0.29) is 28.2 Å². The van der Waals surface area contributed by atoms with Crippen molar-refractivity contribution >= 4 is 68.5 Å². The number of alkyl carbamates (subject to hydrolysis) is 1. The average Bonchev–Trinajstić information content (AvgIpc) is 3.56. The number of ether oxygens (including phenoxy) is 4. The van der Waals surface area contributed by atoms with E-state index in [4.69, 9.17) is 23.8 Å². The van der Waals surface area contributed by atoms with Gasteiger partial charge in [-0.15, -0.1) is 11.3 Å². The maximum atomic E-state index is 13.8. The fourth-order valence-corrected chi connectivity index (χ4v) is 6.10. The molecule has 4 N–H and O–H groups in total. The van der Waals surface area contributed by atoms with Crippen molar-refractivity contribution in [3.8, 4) is 0 Å². The first-order chi connectivity index (χ1) is 24.5. The summed E-state index contributed by atoms with van der Waals surface area (Å²) in [7, 11) is -5.18. The summed E-state index contributed by atoms with van der Waals surface area (Å²) < 4.78 is 55.3. The molecule has 0 saturated carbocycles. The number of carbonyl (C=O) groups is 6. The van der Waals surface area contributed by atoms with Crippen LogP contribution in [0.3, 0.4) is 0 Å². The minimum atomic E-state index is -5.18. The number of esters is 1. The molecule has 3 rings (SSSR count). The summed E-state index contributed by atoms with van der Waals surface area (Å²) in [6, 6.07) is -3.20. The molecule has 2 aliphatic rings. The molecule has 1 aromatic rings. The highest BCUT2D eigenvalue weighted by molar-refractivity contribution is 7.84. The molecule has 21 nitrogen and oxygen atoms in total. The third kappa shape index (κ3) is 12.4. The summed E-state index contributed by atoms with van der Waals surface area (Å²) in [6.45, 7) is 16.5. The van der Waals surface area contributed by atoms with Gasteiger partial charge in [0.25, 0.3) is 11.8 Å². The zero-order valence-electron chi connectivity index (χ0n) is 31.8. The van der Waals surface area contributed by atoms with Crippen LogP contribution in [0.25, 0.3) is 0 Å². The van der Waals surface area contributed by atoms with Crippen LogP contribution in [0.5, 0.6) is 0 Å². The second kappa shape index (κ2) is 15.9. The van der Waals surface area contributed by atoms with Crippen LogP contribution in [-0.2, 0) is 48.5 Å². The molecule has 1 aromatic heterocycles. The third-order valence-electron chi connectivity index (χ3n) is 6.76. The fourth-order valence-electron chi connectivity index (χ4n) is 4.55. The summed E-state index contributed by atoms with van der Waals surface area (Å²) in [6.07, 6.45) is -3.46. The Morgan fingerprint density at radius 1 is 0.963 bits per heavy atom. The molecule has 0 aromatic carbocycles. The maximum Gasteiger partial charge on any atom is 0.413 e. The van der Waals surface area contributed by atoms with Crippen LogP contribution < -0.4 is 16.0 Å². The Bertz CT molecular complexity index is 1770. The van der Waals surface area contributed by atoms with Crippen LogP contribution in [0.4, 0.5) is 19.5 Å². The van der Waals surface area contributed by atoms with E-state index in [1.54, 1.807) is 62.3 Å². The highest BCUT2D eigenvalue weighted by Crippen LogP contribution is 2.27. The van der Waals surface area contributed by atoms with Crippen molar-refractivity contribution in [2.45, 2.75) is 117 Å². The number of aromatic nitrogens is 1. The number of oxime groups is 1. The number of cyclic esters (lactones) is 1. The number of rotatable bonds is 12. The Balaban J connectivity index is 1.87. The van der Waals surface area contributed by atoms with E-state index in [0.29, 0.717) is 0 Å². The molecule has 0 unspecified atom stereocenters. The summed E-state index contributed by atoms with van der Waals surface area (Å²) in [5, 5.41) is 12.3. The second-order valence-corrected chi connectivity index (χ2v) is 17.8. The normalized spacial score (nSPS) is 19.7. The highest BCUT2D eigenvalue weighted by atomic mass is 32.2. The molecule has 2 saturated heterocycles. The van der Waals surface area contributed by atoms with E-state index < -0.39 is 99.2 Å². The van der Waals surface area contributed by atoms with Crippen LogP contribution in [0.2, 0.25) is 0 Å². The minimum absolute atomic E-state index is 0.0374. The predicted molar refractivity (Wildman–Crippen MR) is 190 cm³/mol. The second-order valence-electron chi connectivity index (χ2n) is 15.6. The van der Waals surface area contributed by atoms with E-state index in [1.165, 1.54) is 19.2 Å². The number of hydrogen-bond donors (Lipinski definition) is 4. The first-order valence-electron chi connectivity index (χ1n) is 16.5. The minimum Gasteiger partial charge on any atom is -0.457 e. The molecule has 2 fully saturated rings. The van der Waals surface area contributed by atoms with E-state index in [2.05, 4.69) is 26.1 Å². The molecule has 0 radical (unpaired) electrons. The van der Waals surface area contributed by atoms with Gasteiger partial charge in [-0.2, -0.15) is 8.42 Å². The van der Waals surface area contributed by atoms with Crippen molar-refractivity contribution in [2.75, 3.05) is 25.0 Å². The van der Waals surface area contributed by atoms with Gasteiger partial charge in [0.05, 0.1) is 19.1 Å². The van der Waals surface area contributed by atoms with Gasteiger partial charge in [0.2, 0.25) is 5.60 Å². The van der Waals surface area contributed by atoms with Crippen LogP contribution in [0.15, 0.2) is 10.5 Å². The molecular weight excluding hydrogens is 759 g/mol. The van der Waals surface area contributed by atoms with Gasteiger partial charge in [-0.25, -0.2) is 28.5 Å². The number of amides is 5. The SMILES string of the molecule is CC(C)(C)OC(=O)NC[C@H]1CN(C[C@@H]2[C@H](NC(=O)/C(=N\OC(C)(C)C(=O)OC(C)(C)C)c3csc(NC(=O)OC(C)(C)C)n3)C(=O)N2S(=O)(=O)O)C(=O)O1.